The Labute approximate surface area is 99.4 Å². The molecule has 86 valence electrons. The SMILES string of the molecule is CC(=O)NCCNc1ccnc(C(N)=S)c1. The second kappa shape index (κ2) is 6.02. The predicted molar refractivity (Wildman–Crippen MR) is 67.3 cm³/mol. The zero-order valence-electron chi connectivity index (χ0n) is 8.99. The summed E-state index contributed by atoms with van der Waals surface area (Å²) < 4.78 is 0. The first-order valence-electron chi connectivity index (χ1n) is 4.84. The molecule has 5 nitrogen and oxygen atoms in total. The van der Waals surface area contributed by atoms with Crippen LogP contribution in [0.2, 0.25) is 0 Å². The number of anilines is 1. The molecule has 1 aromatic heterocycles. The number of hydrogen-bond acceptors (Lipinski definition) is 4. The van der Waals surface area contributed by atoms with Gasteiger partial charge < -0.3 is 16.4 Å². The molecular weight excluding hydrogens is 224 g/mol. The van der Waals surface area contributed by atoms with E-state index in [0.29, 0.717) is 18.8 Å². The third-order valence-corrected chi connectivity index (χ3v) is 2.05. The highest BCUT2D eigenvalue weighted by Crippen LogP contribution is 2.06. The zero-order chi connectivity index (χ0) is 12.0. The van der Waals surface area contributed by atoms with Gasteiger partial charge in [-0.05, 0) is 12.1 Å². The van der Waals surface area contributed by atoms with Crippen molar-refractivity contribution in [1.82, 2.24) is 10.3 Å². The van der Waals surface area contributed by atoms with Crippen molar-refractivity contribution in [2.45, 2.75) is 6.92 Å². The molecule has 0 bridgehead atoms. The lowest BCUT2D eigenvalue weighted by molar-refractivity contribution is -0.118. The summed E-state index contributed by atoms with van der Waals surface area (Å²) in [5.41, 5.74) is 6.92. The van der Waals surface area contributed by atoms with Crippen LogP contribution in [0.5, 0.6) is 0 Å². The zero-order valence-corrected chi connectivity index (χ0v) is 9.80. The molecule has 0 unspecified atom stereocenters. The maximum Gasteiger partial charge on any atom is 0.216 e. The minimum absolute atomic E-state index is 0.0413. The summed E-state index contributed by atoms with van der Waals surface area (Å²) in [5.74, 6) is -0.0413. The Balaban J connectivity index is 2.45. The summed E-state index contributed by atoms with van der Waals surface area (Å²) in [7, 11) is 0. The van der Waals surface area contributed by atoms with E-state index in [-0.39, 0.29) is 10.9 Å². The van der Waals surface area contributed by atoms with E-state index in [0.717, 1.165) is 5.69 Å². The number of nitrogens with two attached hydrogens (primary N) is 1. The van der Waals surface area contributed by atoms with Gasteiger partial charge in [-0.3, -0.25) is 9.78 Å². The lowest BCUT2D eigenvalue weighted by Crippen LogP contribution is -2.26. The van der Waals surface area contributed by atoms with Crippen molar-refractivity contribution in [3.63, 3.8) is 0 Å². The summed E-state index contributed by atoms with van der Waals surface area (Å²) in [6.07, 6.45) is 1.63. The summed E-state index contributed by atoms with van der Waals surface area (Å²) in [6.45, 7) is 2.69. The Bertz CT molecular complexity index is 394. The van der Waals surface area contributed by atoms with Crippen LogP contribution in [0, 0.1) is 0 Å². The molecule has 0 spiro atoms. The van der Waals surface area contributed by atoms with Gasteiger partial charge in [-0.1, -0.05) is 12.2 Å². The number of hydrogen-bond donors (Lipinski definition) is 3. The Morgan fingerprint density at radius 1 is 1.56 bits per heavy atom. The standard InChI is InChI=1S/C10H14N4OS/c1-7(15)12-4-5-13-8-2-3-14-9(6-8)10(11)16/h2-3,6H,4-5H2,1H3,(H2,11,16)(H,12,15)(H,13,14). The van der Waals surface area contributed by atoms with Crippen LogP contribution >= 0.6 is 12.2 Å². The number of rotatable bonds is 5. The van der Waals surface area contributed by atoms with Crippen LogP contribution in [0.4, 0.5) is 5.69 Å². The van der Waals surface area contributed by atoms with Crippen molar-refractivity contribution in [2.75, 3.05) is 18.4 Å². The minimum Gasteiger partial charge on any atom is -0.388 e. The van der Waals surface area contributed by atoms with Gasteiger partial charge in [0.1, 0.15) is 4.99 Å². The molecule has 1 heterocycles. The van der Waals surface area contributed by atoms with E-state index < -0.39 is 0 Å². The average Bonchev–Trinajstić information content (AvgIpc) is 2.24. The number of amides is 1. The van der Waals surface area contributed by atoms with Crippen LogP contribution in [0.25, 0.3) is 0 Å². The highest BCUT2D eigenvalue weighted by molar-refractivity contribution is 7.80. The van der Waals surface area contributed by atoms with Crippen LogP contribution in [0.15, 0.2) is 18.3 Å². The number of carbonyl (C=O) groups excluding carboxylic acids is 1. The highest BCUT2D eigenvalue weighted by atomic mass is 32.1. The van der Waals surface area contributed by atoms with E-state index in [9.17, 15) is 4.79 Å². The molecule has 0 aliphatic rings. The Morgan fingerprint density at radius 3 is 2.94 bits per heavy atom. The first-order valence-corrected chi connectivity index (χ1v) is 5.24. The normalized spacial score (nSPS) is 9.56. The fourth-order valence-electron chi connectivity index (χ4n) is 1.12. The molecule has 0 atom stereocenters. The number of nitrogens with zero attached hydrogens (tertiary/aromatic N) is 1. The molecule has 0 aromatic carbocycles. The third kappa shape index (κ3) is 4.22. The van der Waals surface area contributed by atoms with Gasteiger partial charge in [0.05, 0.1) is 5.69 Å². The smallest absolute Gasteiger partial charge is 0.216 e. The van der Waals surface area contributed by atoms with Gasteiger partial charge in [0, 0.05) is 31.9 Å². The fourth-order valence-corrected chi connectivity index (χ4v) is 1.23. The molecule has 0 radical (unpaired) electrons. The van der Waals surface area contributed by atoms with Crippen molar-refractivity contribution >= 4 is 28.8 Å². The first-order chi connectivity index (χ1) is 7.59. The number of carbonyl (C=O) groups is 1. The van der Waals surface area contributed by atoms with E-state index in [1.165, 1.54) is 6.92 Å². The highest BCUT2D eigenvalue weighted by Gasteiger charge is 1.99. The summed E-state index contributed by atoms with van der Waals surface area (Å²) in [6, 6.07) is 3.59. The molecule has 0 saturated carbocycles. The summed E-state index contributed by atoms with van der Waals surface area (Å²) in [4.78, 5) is 14.9. The van der Waals surface area contributed by atoms with Crippen LogP contribution in [-0.2, 0) is 4.79 Å². The van der Waals surface area contributed by atoms with Crippen molar-refractivity contribution in [3.8, 4) is 0 Å². The van der Waals surface area contributed by atoms with Gasteiger partial charge in [-0.2, -0.15) is 0 Å². The van der Waals surface area contributed by atoms with Crippen molar-refractivity contribution in [3.05, 3.63) is 24.0 Å². The van der Waals surface area contributed by atoms with Crippen LogP contribution in [0.1, 0.15) is 12.6 Å². The van der Waals surface area contributed by atoms with Gasteiger partial charge in [-0.15, -0.1) is 0 Å². The molecule has 0 aliphatic heterocycles. The van der Waals surface area contributed by atoms with Gasteiger partial charge >= 0.3 is 0 Å². The van der Waals surface area contributed by atoms with E-state index in [1.54, 1.807) is 12.3 Å². The van der Waals surface area contributed by atoms with Crippen molar-refractivity contribution in [1.29, 1.82) is 0 Å². The van der Waals surface area contributed by atoms with Crippen molar-refractivity contribution in [2.24, 2.45) is 5.73 Å². The number of aromatic nitrogens is 1. The number of nitrogens with one attached hydrogen (secondary N) is 2. The molecule has 0 aliphatic carbocycles. The summed E-state index contributed by atoms with van der Waals surface area (Å²) in [5, 5.41) is 5.81. The van der Waals surface area contributed by atoms with Crippen LogP contribution in [-0.4, -0.2) is 29.0 Å². The largest absolute Gasteiger partial charge is 0.388 e. The fraction of sp³-hybridized carbons (Fsp3) is 0.300. The summed E-state index contributed by atoms with van der Waals surface area (Å²) >= 11 is 4.82. The van der Waals surface area contributed by atoms with E-state index >= 15 is 0 Å². The second-order valence-corrected chi connectivity index (χ2v) is 3.64. The van der Waals surface area contributed by atoms with Crippen LogP contribution < -0.4 is 16.4 Å². The molecule has 16 heavy (non-hydrogen) atoms. The molecule has 6 heteroatoms. The monoisotopic (exact) mass is 238 g/mol. The second-order valence-electron chi connectivity index (χ2n) is 3.20. The van der Waals surface area contributed by atoms with E-state index in [4.69, 9.17) is 18.0 Å². The predicted octanol–water partition coefficient (Wildman–Crippen LogP) is 0.264. The van der Waals surface area contributed by atoms with Gasteiger partial charge in [0.15, 0.2) is 0 Å². The van der Waals surface area contributed by atoms with E-state index in [2.05, 4.69) is 15.6 Å². The van der Waals surface area contributed by atoms with Gasteiger partial charge in [0.2, 0.25) is 5.91 Å². The van der Waals surface area contributed by atoms with Crippen molar-refractivity contribution < 1.29 is 4.79 Å². The lowest BCUT2D eigenvalue weighted by Gasteiger charge is -2.07. The molecule has 1 rings (SSSR count). The average molecular weight is 238 g/mol. The molecule has 1 amide bonds. The lowest BCUT2D eigenvalue weighted by atomic mass is 10.3. The van der Waals surface area contributed by atoms with E-state index in [1.807, 2.05) is 6.07 Å². The maximum atomic E-state index is 10.6. The van der Waals surface area contributed by atoms with Gasteiger partial charge in [0.25, 0.3) is 0 Å². The minimum atomic E-state index is -0.0413. The number of pyridine rings is 1. The Hall–Kier alpha value is -1.69. The molecule has 0 saturated heterocycles. The molecular formula is C10H14N4OS. The number of thiocarbonyl (C=S) groups is 1. The molecule has 0 fully saturated rings. The Kier molecular flexibility index (Phi) is 4.65. The first kappa shape index (κ1) is 12.4. The molecule has 4 N–H and O–H groups in total. The van der Waals surface area contributed by atoms with Crippen LogP contribution in [0.3, 0.4) is 0 Å². The maximum absolute atomic E-state index is 10.6. The van der Waals surface area contributed by atoms with Gasteiger partial charge in [-0.25, -0.2) is 0 Å². The molecule has 1 aromatic rings. The topological polar surface area (TPSA) is 80.0 Å². The quantitative estimate of drug-likeness (QED) is 0.506. The Morgan fingerprint density at radius 2 is 2.31 bits per heavy atom. The third-order valence-electron chi connectivity index (χ3n) is 1.84.